The van der Waals surface area contributed by atoms with Gasteiger partial charge in [0.15, 0.2) is 0 Å². The van der Waals surface area contributed by atoms with Crippen molar-refractivity contribution in [2.45, 2.75) is 32.2 Å². The van der Waals surface area contributed by atoms with Gasteiger partial charge in [-0.15, -0.1) is 0 Å². The predicted molar refractivity (Wildman–Crippen MR) is 126 cm³/mol. The molecule has 33 heavy (non-hydrogen) atoms. The number of carbonyl (C=O) groups is 2. The number of methoxy groups -OCH3 is 3. The van der Waals surface area contributed by atoms with E-state index in [-0.39, 0.29) is 35.5 Å². The normalized spacial score (nSPS) is 18.0. The molecule has 1 heterocycles. The summed E-state index contributed by atoms with van der Waals surface area (Å²) in [7, 11) is 4.46. The van der Waals surface area contributed by atoms with E-state index in [1.54, 1.807) is 18.2 Å². The van der Waals surface area contributed by atoms with E-state index in [4.69, 9.17) is 14.2 Å². The molecular formula is C26H31NO6. The Morgan fingerprint density at radius 3 is 2.03 bits per heavy atom. The second-order valence-corrected chi connectivity index (χ2v) is 8.89. The highest BCUT2D eigenvalue weighted by Gasteiger charge is 2.46. The molecule has 1 N–H and O–H groups in total. The highest BCUT2D eigenvalue weighted by molar-refractivity contribution is 6.46. The number of Topliss-reactive ketones (excluding diaryl/α,β-unsaturated/α-hetero) is 1. The second-order valence-electron chi connectivity index (χ2n) is 8.89. The molecule has 0 bridgehead atoms. The predicted octanol–water partition coefficient (Wildman–Crippen LogP) is 4.07. The molecule has 1 atom stereocenters. The van der Waals surface area contributed by atoms with Crippen LogP contribution in [0.3, 0.4) is 0 Å². The summed E-state index contributed by atoms with van der Waals surface area (Å²) in [5.74, 6) is -1.13. The molecule has 1 aliphatic rings. The van der Waals surface area contributed by atoms with Crippen LogP contribution in [-0.4, -0.2) is 56.2 Å². The van der Waals surface area contributed by atoms with Crippen LogP contribution in [0.25, 0.3) is 5.76 Å². The number of carbonyl (C=O) groups excluding carboxylic acids is 2. The SMILES string of the molecule is COCCN1C(=O)C(=O)/C(=C(/O)c2c(OC)cccc2OC)C1c1ccc(C(C)(C)C)cc1. The maximum absolute atomic E-state index is 13.2. The van der Waals surface area contributed by atoms with Crippen molar-refractivity contribution in [2.75, 3.05) is 34.5 Å². The van der Waals surface area contributed by atoms with Crippen LogP contribution in [0.5, 0.6) is 11.5 Å². The molecule has 1 unspecified atom stereocenters. The number of aliphatic hydroxyl groups excluding tert-OH is 1. The molecule has 0 aliphatic carbocycles. The van der Waals surface area contributed by atoms with Crippen molar-refractivity contribution in [3.05, 3.63) is 64.7 Å². The number of hydrogen-bond donors (Lipinski definition) is 1. The number of nitrogens with zero attached hydrogens (tertiary/aromatic N) is 1. The maximum atomic E-state index is 13.2. The zero-order valence-electron chi connectivity index (χ0n) is 20.0. The molecule has 1 fully saturated rings. The fraction of sp³-hybridized carbons (Fsp3) is 0.385. The topological polar surface area (TPSA) is 85.3 Å². The number of likely N-dealkylation sites (tertiary alicyclic amines) is 1. The lowest BCUT2D eigenvalue weighted by molar-refractivity contribution is -0.140. The van der Waals surface area contributed by atoms with Gasteiger partial charge in [-0.2, -0.15) is 0 Å². The Kier molecular flexibility index (Phi) is 7.12. The fourth-order valence-electron chi connectivity index (χ4n) is 4.03. The molecule has 0 spiro atoms. The van der Waals surface area contributed by atoms with Crippen molar-refractivity contribution < 1.29 is 28.9 Å². The molecule has 0 aromatic heterocycles. The van der Waals surface area contributed by atoms with Crippen LogP contribution in [0.4, 0.5) is 0 Å². The van der Waals surface area contributed by atoms with Crippen LogP contribution >= 0.6 is 0 Å². The molecule has 0 saturated carbocycles. The lowest BCUT2D eigenvalue weighted by Crippen LogP contribution is -2.32. The molecule has 7 heteroatoms. The van der Waals surface area contributed by atoms with E-state index in [0.717, 1.165) is 5.56 Å². The third-order valence-corrected chi connectivity index (χ3v) is 5.83. The van der Waals surface area contributed by atoms with E-state index in [0.29, 0.717) is 17.1 Å². The molecule has 3 rings (SSSR count). The lowest BCUT2D eigenvalue weighted by atomic mass is 9.85. The first-order valence-electron chi connectivity index (χ1n) is 10.7. The van der Waals surface area contributed by atoms with Crippen molar-refractivity contribution in [2.24, 2.45) is 0 Å². The van der Waals surface area contributed by atoms with Gasteiger partial charge in [-0.1, -0.05) is 51.1 Å². The Morgan fingerprint density at radius 2 is 1.55 bits per heavy atom. The lowest BCUT2D eigenvalue weighted by Gasteiger charge is -2.26. The van der Waals surface area contributed by atoms with Crippen LogP contribution in [0, 0.1) is 0 Å². The van der Waals surface area contributed by atoms with Gasteiger partial charge in [-0.25, -0.2) is 0 Å². The van der Waals surface area contributed by atoms with Gasteiger partial charge in [0, 0.05) is 13.7 Å². The molecule has 0 radical (unpaired) electrons. The van der Waals surface area contributed by atoms with Crippen molar-refractivity contribution in [3.63, 3.8) is 0 Å². The average molecular weight is 454 g/mol. The summed E-state index contributed by atoms with van der Waals surface area (Å²) < 4.78 is 16.0. The molecular weight excluding hydrogens is 422 g/mol. The van der Waals surface area contributed by atoms with Gasteiger partial charge in [0.05, 0.1) is 32.4 Å². The molecule has 2 aromatic rings. The van der Waals surface area contributed by atoms with Crippen molar-refractivity contribution in [1.29, 1.82) is 0 Å². The van der Waals surface area contributed by atoms with E-state index in [9.17, 15) is 14.7 Å². The third-order valence-electron chi connectivity index (χ3n) is 5.83. The second kappa shape index (κ2) is 9.67. The summed E-state index contributed by atoms with van der Waals surface area (Å²) in [6, 6.07) is 12.0. The Bertz CT molecular complexity index is 1040. The van der Waals surface area contributed by atoms with Gasteiger partial charge in [-0.3, -0.25) is 9.59 Å². The molecule has 7 nitrogen and oxygen atoms in total. The summed E-state index contributed by atoms with van der Waals surface area (Å²) in [5, 5.41) is 11.4. The number of hydrogen-bond acceptors (Lipinski definition) is 6. The Hall–Kier alpha value is -3.32. The third kappa shape index (κ3) is 4.59. The highest BCUT2D eigenvalue weighted by Crippen LogP contribution is 2.43. The minimum atomic E-state index is -0.774. The van der Waals surface area contributed by atoms with Gasteiger partial charge in [0.1, 0.15) is 22.8 Å². The highest BCUT2D eigenvalue weighted by atomic mass is 16.5. The number of benzene rings is 2. The van der Waals surface area contributed by atoms with E-state index < -0.39 is 17.7 Å². The Morgan fingerprint density at radius 1 is 0.970 bits per heavy atom. The maximum Gasteiger partial charge on any atom is 0.295 e. The van der Waals surface area contributed by atoms with E-state index in [2.05, 4.69) is 20.8 Å². The summed E-state index contributed by atoms with van der Waals surface area (Å²) in [4.78, 5) is 27.6. The van der Waals surface area contributed by atoms with Crippen LogP contribution in [-0.2, 0) is 19.7 Å². The first kappa shape index (κ1) is 24.3. The van der Waals surface area contributed by atoms with Gasteiger partial charge in [0.25, 0.3) is 11.7 Å². The van der Waals surface area contributed by atoms with Crippen molar-refractivity contribution in [1.82, 2.24) is 4.90 Å². The van der Waals surface area contributed by atoms with E-state index in [1.165, 1.54) is 26.2 Å². The van der Waals surface area contributed by atoms with Crippen LogP contribution in [0.15, 0.2) is 48.0 Å². The number of ketones is 1. The average Bonchev–Trinajstić information content (AvgIpc) is 3.05. The Labute approximate surface area is 194 Å². The summed E-state index contributed by atoms with van der Waals surface area (Å²) in [6.07, 6.45) is 0. The summed E-state index contributed by atoms with van der Waals surface area (Å²) in [6.45, 7) is 6.79. The van der Waals surface area contributed by atoms with E-state index >= 15 is 0 Å². The van der Waals surface area contributed by atoms with Crippen molar-refractivity contribution >= 4 is 17.4 Å². The number of rotatable bonds is 7. The number of ether oxygens (including phenoxy) is 3. The fourth-order valence-corrected chi connectivity index (χ4v) is 4.03. The molecule has 1 aliphatic heterocycles. The first-order chi connectivity index (χ1) is 15.6. The standard InChI is InChI=1S/C26H31NO6/c1-26(2,3)17-12-10-16(11-13-17)22-21(24(29)25(30)27(22)14-15-31-4)23(28)20-18(32-5)8-7-9-19(20)33-6/h7-13,22,28H,14-15H2,1-6H3/b23-21+. The summed E-state index contributed by atoms with van der Waals surface area (Å²) in [5.41, 5.74) is 1.99. The minimum absolute atomic E-state index is 0.0117. The first-order valence-corrected chi connectivity index (χ1v) is 10.7. The monoisotopic (exact) mass is 453 g/mol. The van der Waals surface area contributed by atoms with Gasteiger partial charge < -0.3 is 24.2 Å². The van der Waals surface area contributed by atoms with E-state index in [1.807, 2.05) is 24.3 Å². The smallest absolute Gasteiger partial charge is 0.295 e. The molecule has 2 aromatic carbocycles. The van der Waals surface area contributed by atoms with Gasteiger partial charge in [0.2, 0.25) is 0 Å². The number of aliphatic hydroxyl groups is 1. The largest absolute Gasteiger partial charge is 0.506 e. The van der Waals surface area contributed by atoms with Crippen LogP contribution in [0.1, 0.15) is 43.5 Å². The minimum Gasteiger partial charge on any atom is -0.506 e. The van der Waals surface area contributed by atoms with Crippen LogP contribution in [0.2, 0.25) is 0 Å². The Balaban J connectivity index is 2.24. The van der Waals surface area contributed by atoms with Gasteiger partial charge in [-0.05, 0) is 28.7 Å². The quantitative estimate of drug-likeness (QED) is 0.386. The number of amides is 1. The molecule has 1 amide bonds. The zero-order chi connectivity index (χ0) is 24.3. The summed E-state index contributed by atoms with van der Waals surface area (Å²) >= 11 is 0. The van der Waals surface area contributed by atoms with Crippen LogP contribution < -0.4 is 9.47 Å². The van der Waals surface area contributed by atoms with Gasteiger partial charge >= 0.3 is 0 Å². The molecule has 1 saturated heterocycles. The van der Waals surface area contributed by atoms with Crippen molar-refractivity contribution in [3.8, 4) is 11.5 Å². The molecule has 176 valence electrons. The zero-order valence-corrected chi connectivity index (χ0v) is 20.0.